The molecule has 5 rings (SSSR count). The van der Waals surface area contributed by atoms with Gasteiger partial charge in [0.15, 0.2) is 17.6 Å². The van der Waals surface area contributed by atoms with Gasteiger partial charge in [-0.05, 0) is 37.1 Å². The van der Waals surface area contributed by atoms with E-state index in [4.69, 9.17) is 14.2 Å². The Balaban J connectivity index is 1.32. The van der Waals surface area contributed by atoms with Crippen molar-refractivity contribution < 1.29 is 23.8 Å². The van der Waals surface area contributed by atoms with Crippen molar-refractivity contribution >= 4 is 23.2 Å². The molecule has 2 aliphatic heterocycles. The van der Waals surface area contributed by atoms with E-state index in [9.17, 15) is 9.59 Å². The van der Waals surface area contributed by atoms with E-state index in [1.54, 1.807) is 23.1 Å². The van der Waals surface area contributed by atoms with E-state index in [1.807, 2.05) is 24.3 Å². The largest absolute Gasteiger partial charge is 0.476 e. The van der Waals surface area contributed by atoms with E-state index in [0.29, 0.717) is 28.6 Å². The number of carbonyl (C=O) groups is 2. The smallest absolute Gasteiger partial charge is 0.267 e. The second-order valence-electron chi connectivity index (χ2n) is 7.68. The van der Waals surface area contributed by atoms with Gasteiger partial charge in [0.1, 0.15) is 5.75 Å². The number of hydrogen-bond acceptors (Lipinski definition) is 5. The summed E-state index contributed by atoms with van der Waals surface area (Å²) in [6.45, 7) is 1.64. The molecule has 2 amide bonds. The highest BCUT2D eigenvalue weighted by atomic mass is 16.7. The van der Waals surface area contributed by atoms with Crippen molar-refractivity contribution in [2.24, 2.45) is 0 Å². The molecule has 7 heteroatoms. The standard InChI is InChI=1S/C22H22N2O5/c1-14(25)24-13-20(27-17-7-3-2-6-16(17)24)21(26)23-15-8-9-18-19(12-15)29-22(28-18)10-4-5-11-22/h2-3,6-9,12,20H,4-5,10-11,13H2,1H3,(H,23,26). The summed E-state index contributed by atoms with van der Waals surface area (Å²) < 4.78 is 17.9. The first-order chi connectivity index (χ1) is 14.0. The molecule has 3 aliphatic rings. The lowest BCUT2D eigenvalue weighted by Crippen LogP contribution is -2.48. The number of fused-ring (bicyclic) bond motifs is 2. The van der Waals surface area contributed by atoms with Gasteiger partial charge in [-0.3, -0.25) is 9.59 Å². The SMILES string of the molecule is CC(=O)N1CC(C(=O)Nc2ccc3c(c2)OC2(CCCC2)O3)Oc2ccccc21. The summed E-state index contributed by atoms with van der Waals surface area (Å²) >= 11 is 0. The topological polar surface area (TPSA) is 77.1 Å². The first-order valence-electron chi connectivity index (χ1n) is 9.90. The molecular weight excluding hydrogens is 372 g/mol. The second-order valence-corrected chi connectivity index (χ2v) is 7.68. The molecule has 1 unspecified atom stereocenters. The average molecular weight is 394 g/mol. The fourth-order valence-electron chi connectivity index (χ4n) is 4.18. The van der Waals surface area contributed by atoms with Crippen molar-refractivity contribution in [1.82, 2.24) is 0 Å². The molecule has 1 spiro atoms. The molecule has 0 saturated heterocycles. The average Bonchev–Trinajstić information content (AvgIpc) is 3.32. The van der Waals surface area contributed by atoms with E-state index in [1.165, 1.54) is 6.92 Å². The molecule has 0 bridgehead atoms. The van der Waals surface area contributed by atoms with Gasteiger partial charge >= 0.3 is 0 Å². The monoisotopic (exact) mass is 394 g/mol. The van der Waals surface area contributed by atoms with Gasteiger partial charge in [0.25, 0.3) is 11.7 Å². The highest BCUT2D eigenvalue weighted by Crippen LogP contribution is 2.47. The summed E-state index contributed by atoms with van der Waals surface area (Å²) in [5.41, 5.74) is 1.28. The van der Waals surface area contributed by atoms with Crippen LogP contribution in [0.1, 0.15) is 32.6 Å². The van der Waals surface area contributed by atoms with Gasteiger partial charge in [-0.1, -0.05) is 12.1 Å². The number of benzene rings is 2. The zero-order valence-corrected chi connectivity index (χ0v) is 16.1. The van der Waals surface area contributed by atoms with Gasteiger partial charge < -0.3 is 24.4 Å². The Kier molecular flexibility index (Phi) is 4.12. The quantitative estimate of drug-likeness (QED) is 0.844. The highest BCUT2D eigenvalue weighted by Gasteiger charge is 2.44. The Morgan fingerprint density at radius 1 is 1.03 bits per heavy atom. The van der Waals surface area contributed by atoms with Gasteiger partial charge in [0.2, 0.25) is 5.91 Å². The van der Waals surface area contributed by atoms with Crippen LogP contribution in [0, 0.1) is 0 Å². The van der Waals surface area contributed by atoms with E-state index >= 15 is 0 Å². The summed E-state index contributed by atoms with van der Waals surface area (Å²) in [5.74, 6) is 0.871. The maximum absolute atomic E-state index is 12.8. The van der Waals surface area contributed by atoms with Gasteiger partial charge in [0, 0.05) is 31.5 Å². The molecule has 0 aromatic heterocycles. The molecule has 1 N–H and O–H groups in total. The Morgan fingerprint density at radius 2 is 1.79 bits per heavy atom. The van der Waals surface area contributed by atoms with Gasteiger partial charge in [-0.15, -0.1) is 0 Å². The first kappa shape index (κ1) is 17.8. The van der Waals surface area contributed by atoms with Crippen LogP contribution in [0.4, 0.5) is 11.4 Å². The van der Waals surface area contributed by atoms with Crippen LogP contribution in [0.2, 0.25) is 0 Å². The molecule has 1 saturated carbocycles. The first-order valence-corrected chi connectivity index (χ1v) is 9.90. The third-order valence-electron chi connectivity index (χ3n) is 5.61. The van der Waals surface area contributed by atoms with Crippen LogP contribution in [0.25, 0.3) is 0 Å². The third kappa shape index (κ3) is 3.16. The summed E-state index contributed by atoms with van der Waals surface area (Å²) in [4.78, 5) is 26.5. The van der Waals surface area contributed by atoms with Crippen LogP contribution in [-0.2, 0) is 9.59 Å². The molecule has 7 nitrogen and oxygen atoms in total. The number of ether oxygens (including phenoxy) is 3. The van der Waals surface area contributed by atoms with Crippen molar-refractivity contribution in [2.75, 3.05) is 16.8 Å². The van der Waals surface area contributed by atoms with Crippen LogP contribution in [0.5, 0.6) is 17.2 Å². The number of rotatable bonds is 2. The minimum absolute atomic E-state index is 0.136. The Hall–Kier alpha value is -3.22. The minimum atomic E-state index is -0.805. The molecule has 2 aromatic rings. The zero-order valence-electron chi connectivity index (χ0n) is 16.1. The summed E-state index contributed by atoms with van der Waals surface area (Å²) in [6, 6.07) is 12.6. The van der Waals surface area contributed by atoms with E-state index in [0.717, 1.165) is 25.7 Å². The molecule has 150 valence electrons. The zero-order chi connectivity index (χ0) is 20.0. The molecule has 2 heterocycles. The van der Waals surface area contributed by atoms with Crippen LogP contribution >= 0.6 is 0 Å². The predicted octanol–water partition coefficient (Wildman–Crippen LogP) is 3.48. The van der Waals surface area contributed by atoms with Crippen LogP contribution in [0.15, 0.2) is 42.5 Å². The maximum atomic E-state index is 12.8. The number of nitrogens with zero attached hydrogens (tertiary/aromatic N) is 1. The Bertz CT molecular complexity index is 983. The lowest BCUT2D eigenvalue weighted by atomic mass is 10.1. The van der Waals surface area contributed by atoms with Gasteiger partial charge in [0.05, 0.1) is 12.2 Å². The molecule has 0 radical (unpaired) electrons. The predicted molar refractivity (Wildman–Crippen MR) is 106 cm³/mol. The maximum Gasteiger partial charge on any atom is 0.267 e. The number of carbonyl (C=O) groups excluding carboxylic acids is 2. The summed E-state index contributed by atoms with van der Waals surface area (Å²) in [6.07, 6.45) is 3.12. The molecule has 1 atom stereocenters. The van der Waals surface area contributed by atoms with Crippen molar-refractivity contribution in [3.63, 3.8) is 0 Å². The minimum Gasteiger partial charge on any atom is -0.476 e. The summed E-state index contributed by atoms with van der Waals surface area (Å²) in [7, 11) is 0. The lowest BCUT2D eigenvalue weighted by molar-refractivity contribution is -0.123. The molecule has 29 heavy (non-hydrogen) atoms. The van der Waals surface area contributed by atoms with E-state index in [-0.39, 0.29) is 18.4 Å². The van der Waals surface area contributed by atoms with Crippen molar-refractivity contribution in [3.05, 3.63) is 42.5 Å². The van der Waals surface area contributed by atoms with E-state index in [2.05, 4.69) is 5.32 Å². The fourth-order valence-corrected chi connectivity index (χ4v) is 4.18. The van der Waals surface area contributed by atoms with Crippen LogP contribution in [0.3, 0.4) is 0 Å². The normalized spacial score (nSPS) is 20.9. The molecule has 1 aliphatic carbocycles. The summed E-state index contributed by atoms with van der Waals surface area (Å²) in [5, 5.41) is 2.87. The van der Waals surface area contributed by atoms with Gasteiger partial charge in [-0.25, -0.2) is 0 Å². The number of anilines is 2. The van der Waals surface area contributed by atoms with E-state index < -0.39 is 11.9 Å². The van der Waals surface area contributed by atoms with Crippen molar-refractivity contribution in [3.8, 4) is 17.2 Å². The van der Waals surface area contributed by atoms with Gasteiger partial charge in [-0.2, -0.15) is 0 Å². The molecular formula is C22H22N2O5. The second kappa shape index (κ2) is 6.69. The Morgan fingerprint density at radius 3 is 2.59 bits per heavy atom. The number of para-hydroxylation sites is 2. The number of nitrogens with one attached hydrogen (secondary N) is 1. The van der Waals surface area contributed by atoms with Crippen molar-refractivity contribution in [1.29, 1.82) is 0 Å². The van der Waals surface area contributed by atoms with Crippen molar-refractivity contribution in [2.45, 2.75) is 44.5 Å². The molecule has 1 fully saturated rings. The highest BCUT2D eigenvalue weighted by molar-refractivity contribution is 5.99. The third-order valence-corrected chi connectivity index (χ3v) is 5.61. The number of amides is 2. The van der Waals surface area contributed by atoms with Crippen LogP contribution < -0.4 is 24.4 Å². The Labute approximate surface area is 168 Å². The van der Waals surface area contributed by atoms with Crippen LogP contribution in [-0.4, -0.2) is 30.3 Å². The number of hydrogen-bond donors (Lipinski definition) is 1. The molecule has 2 aromatic carbocycles. The lowest BCUT2D eigenvalue weighted by Gasteiger charge is -2.33. The fraction of sp³-hybridized carbons (Fsp3) is 0.364.